The molecule has 1 fully saturated rings. The van der Waals surface area contributed by atoms with Crippen LogP contribution >= 0.6 is 11.6 Å². The van der Waals surface area contributed by atoms with Crippen LogP contribution in [0.4, 0.5) is 5.82 Å². The summed E-state index contributed by atoms with van der Waals surface area (Å²) in [5.41, 5.74) is 2.91. The number of hydrogen-bond donors (Lipinski definition) is 0. The Morgan fingerprint density at radius 2 is 1.82 bits per heavy atom. The van der Waals surface area contributed by atoms with Crippen LogP contribution in [0.5, 0.6) is 0 Å². The molecule has 3 aromatic heterocycles. The van der Waals surface area contributed by atoms with E-state index in [4.69, 9.17) is 16.6 Å². The predicted molar refractivity (Wildman–Crippen MR) is 126 cm³/mol. The van der Waals surface area contributed by atoms with Gasteiger partial charge >= 0.3 is 0 Å². The van der Waals surface area contributed by atoms with Crippen LogP contribution in [0.3, 0.4) is 0 Å². The third kappa shape index (κ3) is 3.65. The number of anilines is 1. The topological polar surface area (TPSA) is 102 Å². The Hall–Kier alpha value is -3.02. The van der Waals surface area contributed by atoms with E-state index < -0.39 is 10.0 Å². The lowest BCUT2D eigenvalue weighted by Crippen LogP contribution is -2.49. The normalized spacial score (nSPS) is 15.5. The number of piperazine rings is 1. The lowest BCUT2D eigenvalue weighted by Gasteiger charge is -2.35. The molecule has 12 heteroatoms. The summed E-state index contributed by atoms with van der Waals surface area (Å²) in [7, 11) is 0.0690. The molecule has 1 aliphatic heterocycles. The van der Waals surface area contributed by atoms with Crippen LogP contribution in [0.25, 0.3) is 22.6 Å². The Balaban J connectivity index is 1.43. The fourth-order valence-electron chi connectivity index (χ4n) is 4.23. The first-order valence-corrected chi connectivity index (χ1v) is 12.3. The third-order valence-corrected chi connectivity index (χ3v) is 8.43. The molecular weight excluding hydrogens is 464 g/mol. The monoisotopic (exact) mass is 486 g/mol. The highest BCUT2D eigenvalue weighted by Crippen LogP contribution is 2.31. The van der Waals surface area contributed by atoms with Gasteiger partial charge in [-0.05, 0) is 18.6 Å². The molecule has 4 aromatic rings. The van der Waals surface area contributed by atoms with E-state index in [-0.39, 0.29) is 9.92 Å². The Morgan fingerprint density at radius 1 is 1.06 bits per heavy atom. The van der Waals surface area contributed by atoms with Crippen molar-refractivity contribution in [2.24, 2.45) is 14.1 Å². The summed E-state index contributed by atoms with van der Waals surface area (Å²) in [6, 6.07) is 5.12. The lowest BCUT2D eigenvalue weighted by atomic mass is 10.2. The number of aromatic nitrogens is 6. The first-order chi connectivity index (χ1) is 15.8. The number of sulfonamides is 1. The van der Waals surface area contributed by atoms with E-state index in [1.54, 1.807) is 36.0 Å². The van der Waals surface area contributed by atoms with Crippen LogP contribution in [0.15, 0.2) is 41.8 Å². The molecule has 0 radical (unpaired) electrons. The Bertz CT molecular complexity index is 1430. The molecule has 5 rings (SSSR count). The highest BCUT2D eigenvalue weighted by Gasteiger charge is 2.32. The molecule has 172 valence electrons. The molecule has 4 heterocycles. The summed E-state index contributed by atoms with van der Waals surface area (Å²) >= 11 is 6.24. The van der Waals surface area contributed by atoms with E-state index in [0.29, 0.717) is 48.7 Å². The summed E-state index contributed by atoms with van der Waals surface area (Å²) in [6.07, 6.45) is 5.17. The summed E-state index contributed by atoms with van der Waals surface area (Å²) in [4.78, 5) is 15.9. The van der Waals surface area contributed by atoms with Crippen molar-refractivity contribution in [2.45, 2.75) is 11.8 Å². The maximum Gasteiger partial charge on any atom is 0.244 e. The highest BCUT2D eigenvalue weighted by atomic mass is 35.5. The van der Waals surface area contributed by atoms with Crippen LogP contribution in [0.1, 0.15) is 5.56 Å². The largest absolute Gasteiger partial charge is 0.352 e. The lowest BCUT2D eigenvalue weighted by molar-refractivity contribution is 0.384. The average molecular weight is 487 g/mol. The second-order valence-electron chi connectivity index (χ2n) is 8.04. The number of benzene rings is 1. The molecule has 1 aliphatic rings. The SMILES string of the molecule is Cc1cccc(Cl)c1S(=O)(=O)N1CCN(c2ncnc3c2nc(-c2cnn(C)c2)n3C)CC1. The molecule has 33 heavy (non-hydrogen) atoms. The zero-order valence-corrected chi connectivity index (χ0v) is 20.0. The van der Waals surface area contributed by atoms with Gasteiger partial charge in [-0.2, -0.15) is 9.40 Å². The van der Waals surface area contributed by atoms with Gasteiger partial charge in [-0.1, -0.05) is 23.7 Å². The fourth-order valence-corrected chi connectivity index (χ4v) is 6.43. The van der Waals surface area contributed by atoms with E-state index in [1.807, 2.05) is 24.9 Å². The number of halogens is 1. The van der Waals surface area contributed by atoms with Crippen LogP contribution < -0.4 is 4.90 Å². The quantitative estimate of drug-likeness (QED) is 0.436. The molecular formula is C21H23ClN8O2S. The Morgan fingerprint density at radius 3 is 2.48 bits per heavy atom. The first kappa shape index (κ1) is 21.8. The molecule has 0 bridgehead atoms. The van der Waals surface area contributed by atoms with Crippen molar-refractivity contribution in [1.82, 2.24) is 33.6 Å². The maximum atomic E-state index is 13.3. The van der Waals surface area contributed by atoms with Gasteiger partial charge < -0.3 is 9.47 Å². The third-order valence-electron chi connectivity index (χ3n) is 5.90. The number of rotatable bonds is 4. The predicted octanol–water partition coefficient (Wildman–Crippen LogP) is 2.24. The van der Waals surface area contributed by atoms with Crippen molar-refractivity contribution in [3.05, 3.63) is 47.5 Å². The second-order valence-corrected chi connectivity index (χ2v) is 10.3. The van der Waals surface area contributed by atoms with Crippen molar-refractivity contribution in [3.8, 4) is 11.4 Å². The Kier molecular flexibility index (Phi) is 5.34. The molecule has 0 unspecified atom stereocenters. The van der Waals surface area contributed by atoms with Crippen molar-refractivity contribution >= 4 is 38.6 Å². The van der Waals surface area contributed by atoms with E-state index in [0.717, 1.165) is 11.4 Å². The number of hydrogen-bond acceptors (Lipinski definition) is 7. The Labute approximate surface area is 196 Å². The summed E-state index contributed by atoms with van der Waals surface area (Å²) in [5.74, 6) is 1.44. The van der Waals surface area contributed by atoms with Gasteiger partial charge in [0.2, 0.25) is 10.0 Å². The average Bonchev–Trinajstić information content (AvgIpc) is 3.36. The van der Waals surface area contributed by atoms with Crippen LogP contribution in [-0.2, 0) is 24.1 Å². The fraction of sp³-hybridized carbons (Fsp3) is 0.333. The zero-order chi connectivity index (χ0) is 23.3. The number of fused-ring (bicyclic) bond motifs is 1. The molecule has 1 saturated heterocycles. The number of imidazole rings is 1. The van der Waals surface area contributed by atoms with Crippen molar-refractivity contribution in [3.63, 3.8) is 0 Å². The van der Waals surface area contributed by atoms with Gasteiger partial charge in [0.1, 0.15) is 17.0 Å². The summed E-state index contributed by atoms with van der Waals surface area (Å²) < 4.78 is 31.7. The molecule has 0 aliphatic carbocycles. The van der Waals surface area contributed by atoms with Crippen molar-refractivity contribution in [2.75, 3.05) is 31.1 Å². The molecule has 10 nitrogen and oxygen atoms in total. The van der Waals surface area contributed by atoms with Crippen LogP contribution in [0, 0.1) is 6.92 Å². The van der Waals surface area contributed by atoms with Gasteiger partial charge in [0.25, 0.3) is 0 Å². The van der Waals surface area contributed by atoms with Gasteiger partial charge in [0, 0.05) is 46.5 Å². The summed E-state index contributed by atoms with van der Waals surface area (Å²) in [5, 5.41) is 4.47. The first-order valence-electron chi connectivity index (χ1n) is 10.4. The van der Waals surface area contributed by atoms with E-state index in [9.17, 15) is 8.42 Å². The van der Waals surface area contributed by atoms with Gasteiger partial charge in [-0.25, -0.2) is 23.4 Å². The van der Waals surface area contributed by atoms with Gasteiger partial charge in [-0.3, -0.25) is 4.68 Å². The second kappa shape index (κ2) is 8.08. The minimum absolute atomic E-state index is 0.176. The minimum atomic E-state index is -3.69. The van der Waals surface area contributed by atoms with E-state index >= 15 is 0 Å². The molecule has 0 amide bonds. The smallest absolute Gasteiger partial charge is 0.244 e. The van der Waals surface area contributed by atoms with Crippen LogP contribution in [0.2, 0.25) is 5.02 Å². The van der Waals surface area contributed by atoms with Gasteiger partial charge in [0.15, 0.2) is 17.0 Å². The molecule has 0 spiro atoms. The molecule has 0 N–H and O–H groups in total. The van der Waals surface area contributed by atoms with Crippen molar-refractivity contribution < 1.29 is 8.42 Å². The minimum Gasteiger partial charge on any atom is -0.352 e. The molecule has 0 atom stereocenters. The zero-order valence-electron chi connectivity index (χ0n) is 18.5. The highest BCUT2D eigenvalue weighted by molar-refractivity contribution is 7.89. The number of aryl methyl sites for hydroxylation is 3. The van der Waals surface area contributed by atoms with Crippen molar-refractivity contribution in [1.29, 1.82) is 0 Å². The van der Waals surface area contributed by atoms with Gasteiger partial charge in [0.05, 0.1) is 16.8 Å². The molecule has 1 aromatic carbocycles. The van der Waals surface area contributed by atoms with E-state index in [2.05, 4.69) is 20.0 Å². The molecule has 0 saturated carbocycles. The number of nitrogens with zero attached hydrogens (tertiary/aromatic N) is 8. The van der Waals surface area contributed by atoms with Crippen LogP contribution in [-0.4, -0.2) is 68.2 Å². The van der Waals surface area contributed by atoms with E-state index in [1.165, 1.54) is 10.6 Å². The van der Waals surface area contributed by atoms with Gasteiger partial charge in [-0.15, -0.1) is 0 Å². The maximum absolute atomic E-state index is 13.3. The summed E-state index contributed by atoms with van der Waals surface area (Å²) in [6.45, 7) is 3.36. The standard InChI is InChI=1S/C21H23ClN8O2S/c1-14-5-4-6-16(22)18(14)33(31,32)30-9-7-29(8-10-30)21-17-20(23-13-24-21)28(3)19(26-17)15-11-25-27(2)12-15/h4-6,11-13H,7-10H2,1-3H3.